The topological polar surface area (TPSA) is 44.5 Å². The van der Waals surface area contributed by atoms with Gasteiger partial charge in [-0.3, -0.25) is 0 Å². The maximum Gasteiger partial charge on any atom is 0.134 e. The smallest absolute Gasteiger partial charge is 0.134 e. The van der Waals surface area contributed by atoms with Gasteiger partial charge >= 0.3 is 0 Å². The van der Waals surface area contributed by atoms with Gasteiger partial charge in [-0.15, -0.1) is 0 Å². The molecule has 0 aromatic heterocycles. The van der Waals surface area contributed by atoms with E-state index in [4.69, 9.17) is 26.8 Å². The van der Waals surface area contributed by atoms with Crippen LogP contribution in [0.4, 0.5) is 0 Å². The lowest BCUT2D eigenvalue weighted by Gasteiger charge is -2.16. The molecule has 0 bridgehead atoms. The summed E-state index contributed by atoms with van der Waals surface area (Å²) in [6, 6.07) is 7.21. The molecular formula is C10H14ClNO2. The highest BCUT2D eigenvalue weighted by atomic mass is 35.5. The molecule has 2 N–H and O–H groups in total. The van der Waals surface area contributed by atoms with Crippen LogP contribution < -0.4 is 10.5 Å². The molecule has 1 rings (SSSR count). The number of benzene rings is 1. The molecule has 14 heavy (non-hydrogen) atoms. The lowest BCUT2D eigenvalue weighted by Crippen LogP contribution is -2.31. The van der Waals surface area contributed by atoms with Crippen molar-refractivity contribution in [1.29, 1.82) is 0 Å². The fourth-order valence-electron chi connectivity index (χ4n) is 1.07. The van der Waals surface area contributed by atoms with Crippen LogP contribution >= 0.6 is 11.6 Å². The average Bonchev–Trinajstić information content (AvgIpc) is 2.17. The van der Waals surface area contributed by atoms with Gasteiger partial charge in [-0.25, -0.2) is 0 Å². The first-order valence-corrected chi connectivity index (χ1v) is 4.75. The standard InChI is InChI=1S/C10H14ClNO2/c1-13-7-10(6-12)14-9-4-2-3-8(11)5-9/h2-5,10H,6-7,12H2,1H3. The van der Waals surface area contributed by atoms with Crippen LogP contribution in [0.15, 0.2) is 24.3 Å². The number of halogens is 1. The van der Waals surface area contributed by atoms with Gasteiger partial charge in [0.25, 0.3) is 0 Å². The van der Waals surface area contributed by atoms with Gasteiger partial charge in [0.05, 0.1) is 6.61 Å². The SMILES string of the molecule is COCC(CN)Oc1cccc(Cl)c1. The van der Waals surface area contributed by atoms with Crippen molar-refractivity contribution in [2.24, 2.45) is 5.73 Å². The molecule has 0 aliphatic heterocycles. The van der Waals surface area contributed by atoms with E-state index in [-0.39, 0.29) is 6.10 Å². The van der Waals surface area contributed by atoms with Gasteiger partial charge in [-0.2, -0.15) is 0 Å². The second kappa shape index (κ2) is 5.86. The Hall–Kier alpha value is -0.770. The first kappa shape index (κ1) is 11.3. The quantitative estimate of drug-likeness (QED) is 0.813. The molecule has 78 valence electrons. The normalized spacial score (nSPS) is 12.5. The third-order valence-electron chi connectivity index (χ3n) is 1.71. The minimum absolute atomic E-state index is 0.126. The maximum absolute atomic E-state index is 5.81. The zero-order chi connectivity index (χ0) is 10.4. The largest absolute Gasteiger partial charge is 0.487 e. The molecule has 0 radical (unpaired) electrons. The average molecular weight is 216 g/mol. The first-order valence-electron chi connectivity index (χ1n) is 4.37. The third kappa shape index (κ3) is 3.54. The van der Waals surface area contributed by atoms with E-state index in [0.717, 1.165) is 0 Å². The van der Waals surface area contributed by atoms with Gasteiger partial charge in [-0.1, -0.05) is 17.7 Å². The fraction of sp³-hybridized carbons (Fsp3) is 0.400. The lowest BCUT2D eigenvalue weighted by molar-refractivity contribution is 0.0860. The Morgan fingerprint density at radius 2 is 2.29 bits per heavy atom. The van der Waals surface area contributed by atoms with E-state index in [0.29, 0.717) is 23.9 Å². The van der Waals surface area contributed by atoms with Gasteiger partial charge in [0.15, 0.2) is 0 Å². The summed E-state index contributed by atoms with van der Waals surface area (Å²) in [4.78, 5) is 0. The zero-order valence-electron chi connectivity index (χ0n) is 8.07. The van der Waals surface area contributed by atoms with Crippen LogP contribution in [-0.4, -0.2) is 26.4 Å². The molecule has 0 heterocycles. The van der Waals surface area contributed by atoms with Gasteiger partial charge < -0.3 is 15.2 Å². The Kier molecular flexibility index (Phi) is 4.73. The summed E-state index contributed by atoms with van der Waals surface area (Å²) >= 11 is 5.81. The van der Waals surface area contributed by atoms with E-state index >= 15 is 0 Å². The predicted molar refractivity (Wildman–Crippen MR) is 56.8 cm³/mol. The van der Waals surface area contributed by atoms with Crippen LogP contribution in [0.3, 0.4) is 0 Å². The van der Waals surface area contributed by atoms with E-state index in [1.54, 1.807) is 19.2 Å². The van der Waals surface area contributed by atoms with Gasteiger partial charge in [0.2, 0.25) is 0 Å². The van der Waals surface area contributed by atoms with E-state index in [1.165, 1.54) is 0 Å². The van der Waals surface area contributed by atoms with E-state index in [9.17, 15) is 0 Å². The van der Waals surface area contributed by atoms with Crippen LogP contribution in [0.5, 0.6) is 5.75 Å². The highest BCUT2D eigenvalue weighted by Gasteiger charge is 2.07. The van der Waals surface area contributed by atoms with E-state index < -0.39 is 0 Å². The number of hydrogen-bond acceptors (Lipinski definition) is 3. The molecule has 0 saturated carbocycles. The fourth-order valence-corrected chi connectivity index (χ4v) is 1.25. The van der Waals surface area contributed by atoms with Crippen LogP contribution in [0.1, 0.15) is 0 Å². The van der Waals surface area contributed by atoms with Crippen LogP contribution in [0, 0.1) is 0 Å². The molecule has 0 fully saturated rings. The molecule has 0 amide bonds. The molecular weight excluding hydrogens is 202 g/mol. The van der Waals surface area contributed by atoms with Crippen molar-refractivity contribution >= 4 is 11.6 Å². The molecule has 0 spiro atoms. The highest BCUT2D eigenvalue weighted by molar-refractivity contribution is 6.30. The van der Waals surface area contributed by atoms with Crippen molar-refractivity contribution in [3.8, 4) is 5.75 Å². The zero-order valence-corrected chi connectivity index (χ0v) is 8.83. The lowest BCUT2D eigenvalue weighted by atomic mass is 10.3. The van der Waals surface area contributed by atoms with Crippen molar-refractivity contribution < 1.29 is 9.47 Å². The van der Waals surface area contributed by atoms with Crippen LogP contribution in [0.2, 0.25) is 5.02 Å². The summed E-state index contributed by atoms with van der Waals surface area (Å²) in [5.41, 5.74) is 5.51. The third-order valence-corrected chi connectivity index (χ3v) is 1.95. The molecule has 1 atom stereocenters. The molecule has 3 nitrogen and oxygen atoms in total. The van der Waals surface area contributed by atoms with Crippen molar-refractivity contribution in [3.05, 3.63) is 29.3 Å². The summed E-state index contributed by atoms with van der Waals surface area (Å²) < 4.78 is 10.5. The second-order valence-corrected chi connectivity index (χ2v) is 3.32. The number of ether oxygens (including phenoxy) is 2. The summed E-state index contributed by atoms with van der Waals surface area (Å²) in [6.45, 7) is 0.892. The van der Waals surface area contributed by atoms with Crippen LogP contribution in [-0.2, 0) is 4.74 Å². The summed E-state index contributed by atoms with van der Waals surface area (Å²) in [7, 11) is 1.62. The van der Waals surface area contributed by atoms with Gasteiger partial charge in [-0.05, 0) is 18.2 Å². The number of methoxy groups -OCH3 is 1. The Balaban J connectivity index is 2.57. The summed E-state index contributed by atoms with van der Waals surface area (Å²) in [5, 5.41) is 0.649. The highest BCUT2D eigenvalue weighted by Crippen LogP contribution is 2.18. The van der Waals surface area contributed by atoms with Crippen molar-refractivity contribution in [1.82, 2.24) is 0 Å². The predicted octanol–water partition coefficient (Wildman–Crippen LogP) is 1.69. The van der Waals surface area contributed by atoms with Crippen molar-refractivity contribution in [2.75, 3.05) is 20.3 Å². The van der Waals surface area contributed by atoms with E-state index in [2.05, 4.69) is 0 Å². The Morgan fingerprint density at radius 3 is 2.86 bits per heavy atom. The van der Waals surface area contributed by atoms with E-state index in [1.807, 2.05) is 12.1 Å². The van der Waals surface area contributed by atoms with Gasteiger partial charge in [0, 0.05) is 18.7 Å². The maximum atomic E-state index is 5.81. The summed E-state index contributed by atoms with van der Waals surface area (Å²) in [6.07, 6.45) is -0.126. The summed E-state index contributed by atoms with van der Waals surface area (Å²) in [5.74, 6) is 0.713. The van der Waals surface area contributed by atoms with Crippen molar-refractivity contribution in [3.63, 3.8) is 0 Å². The Bertz CT molecular complexity index is 281. The molecule has 4 heteroatoms. The second-order valence-electron chi connectivity index (χ2n) is 2.89. The van der Waals surface area contributed by atoms with Crippen LogP contribution in [0.25, 0.3) is 0 Å². The Labute approximate surface area is 88.8 Å². The molecule has 1 aromatic rings. The number of nitrogens with two attached hydrogens (primary N) is 1. The number of hydrogen-bond donors (Lipinski definition) is 1. The molecule has 1 aromatic carbocycles. The first-order chi connectivity index (χ1) is 6.76. The molecule has 0 aliphatic rings. The molecule has 0 aliphatic carbocycles. The Morgan fingerprint density at radius 1 is 1.50 bits per heavy atom. The molecule has 0 saturated heterocycles. The minimum Gasteiger partial charge on any atom is -0.487 e. The molecule has 1 unspecified atom stereocenters. The minimum atomic E-state index is -0.126. The number of rotatable bonds is 5. The monoisotopic (exact) mass is 215 g/mol. The van der Waals surface area contributed by atoms with Gasteiger partial charge in [0.1, 0.15) is 11.9 Å². The van der Waals surface area contributed by atoms with Crippen molar-refractivity contribution in [2.45, 2.75) is 6.10 Å².